The van der Waals surface area contributed by atoms with E-state index in [1.807, 2.05) is 42.5 Å². The molecule has 5 aromatic rings. The predicted molar refractivity (Wildman–Crippen MR) is 109 cm³/mol. The number of hydrogen-bond acceptors (Lipinski definition) is 7. The summed E-state index contributed by atoms with van der Waals surface area (Å²) in [4.78, 5) is 0. The zero-order chi connectivity index (χ0) is 19.8. The third-order valence-corrected chi connectivity index (χ3v) is 5.53. The molecule has 0 unspecified atom stereocenters. The average molecular weight is 400 g/mol. The maximum Gasteiger partial charge on any atom is 0.202 e. The molecular formula is C20H16N8S. The van der Waals surface area contributed by atoms with Crippen LogP contribution in [0.4, 0.5) is 0 Å². The van der Waals surface area contributed by atoms with Crippen molar-refractivity contribution < 1.29 is 0 Å². The van der Waals surface area contributed by atoms with E-state index in [1.54, 1.807) is 0 Å². The molecule has 29 heavy (non-hydrogen) atoms. The fraction of sp³-hybridized carbons (Fsp3) is 0.100. The second-order valence-corrected chi connectivity index (χ2v) is 7.56. The molecule has 3 heterocycles. The van der Waals surface area contributed by atoms with Crippen molar-refractivity contribution in [2.45, 2.75) is 24.0 Å². The molecule has 0 aliphatic rings. The van der Waals surface area contributed by atoms with E-state index in [4.69, 9.17) is 0 Å². The Morgan fingerprint density at radius 3 is 2.52 bits per heavy atom. The predicted octanol–water partition coefficient (Wildman–Crippen LogP) is 3.54. The summed E-state index contributed by atoms with van der Waals surface area (Å²) in [6.45, 7) is 4.20. The first kappa shape index (κ1) is 17.5. The molecule has 8 nitrogen and oxygen atoms in total. The fourth-order valence-corrected chi connectivity index (χ4v) is 3.80. The van der Waals surface area contributed by atoms with E-state index in [1.165, 1.54) is 27.5 Å². The highest BCUT2D eigenvalue weighted by molar-refractivity contribution is 7.99. The average Bonchev–Trinajstić information content (AvgIpc) is 3.37. The van der Waals surface area contributed by atoms with Crippen LogP contribution in [-0.2, 0) is 0 Å². The molecule has 0 spiro atoms. The molecule has 0 bridgehead atoms. The standard InChI is InChI=1S/C20H16N8S/c1-13-8-9-16(12-14(13)2)27-19(15-6-4-3-5-7-15)22-23-20(27)29-18-11-10-17-21-25-26-28(17)24-18/h3-12H,1-2H3. The lowest BCUT2D eigenvalue weighted by atomic mass is 10.1. The number of rotatable bonds is 4. The van der Waals surface area contributed by atoms with Crippen molar-refractivity contribution in [2.24, 2.45) is 0 Å². The minimum Gasteiger partial charge on any atom is -0.270 e. The van der Waals surface area contributed by atoms with Crippen LogP contribution >= 0.6 is 11.8 Å². The number of tetrazole rings is 1. The normalized spacial score (nSPS) is 11.2. The molecule has 0 fully saturated rings. The molecule has 9 heteroatoms. The fourth-order valence-electron chi connectivity index (χ4n) is 2.99. The first-order valence-electron chi connectivity index (χ1n) is 9.01. The summed E-state index contributed by atoms with van der Waals surface area (Å²) in [5.74, 6) is 0.778. The molecule has 0 N–H and O–H groups in total. The van der Waals surface area contributed by atoms with Crippen molar-refractivity contribution in [3.63, 3.8) is 0 Å². The van der Waals surface area contributed by atoms with E-state index in [2.05, 4.69) is 67.4 Å². The van der Waals surface area contributed by atoms with Gasteiger partial charge in [0.1, 0.15) is 5.03 Å². The highest BCUT2D eigenvalue weighted by atomic mass is 32.2. The minimum atomic E-state index is 0.593. The van der Waals surface area contributed by atoms with Crippen molar-refractivity contribution in [1.82, 2.24) is 40.0 Å². The monoisotopic (exact) mass is 400 g/mol. The molecule has 0 saturated heterocycles. The van der Waals surface area contributed by atoms with Gasteiger partial charge in [-0.25, -0.2) is 0 Å². The summed E-state index contributed by atoms with van der Waals surface area (Å²) in [7, 11) is 0. The molecule has 0 radical (unpaired) electrons. The second-order valence-electron chi connectivity index (χ2n) is 6.58. The summed E-state index contributed by atoms with van der Waals surface area (Å²) in [6, 6.07) is 20.1. The van der Waals surface area contributed by atoms with Gasteiger partial charge in [-0.2, -0.15) is 0 Å². The SMILES string of the molecule is Cc1ccc(-n2c(Sc3ccc4nnnn4n3)nnc2-c2ccccc2)cc1C. The van der Waals surface area contributed by atoms with Gasteiger partial charge in [0, 0.05) is 5.56 Å². The van der Waals surface area contributed by atoms with Gasteiger partial charge in [0.15, 0.2) is 11.5 Å². The molecule has 5 rings (SSSR count). The number of hydrogen-bond donors (Lipinski definition) is 0. The van der Waals surface area contributed by atoms with Gasteiger partial charge >= 0.3 is 0 Å². The van der Waals surface area contributed by atoms with Crippen LogP contribution in [-0.4, -0.2) is 40.0 Å². The Bertz CT molecular complexity index is 1310. The van der Waals surface area contributed by atoms with E-state index in [0.29, 0.717) is 10.8 Å². The maximum atomic E-state index is 4.48. The first-order valence-corrected chi connectivity index (χ1v) is 9.82. The van der Waals surface area contributed by atoms with Crippen LogP contribution in [0.1, 0.15) is 11.1 Å². The number of nitrogens with zero attached hydrogens (tertiary/aromatic N) is 8. The number of aryl methyl sites for hydroxylation is 2. The van der Waals surface area contributed by atoms with Crippen molar-refractivity contribution in [2.75, 3.05) is 0 Å². The van der Waals surface area contributed by atoms with E-state index in [-0.39, 0.29) is 0 Å². The van der Waals surface area contributed by atoms with Gasteiger partial charge in [-0.3, -0.25) is 4.57 Å². The summed E-state index contributed by atoms with van der Waals surface area (Å²) in [5, 5.41) is 26.2. The number of fused-ring (bicyclic) bond motifs is 1. The third kappa shape index (κ3) is 3.25. The second kappa shape index (κ2) is 7.10. The third-order valence-electron chi connectivity index (χ3n) is 4.65. The van der Waals surface area contributed by atoms with Crippen molar-refractivity contribution in [3.8, 4) is 17.1 Å². The quantitative estimate of drug-likeness (QED) is 0.456. The maximum absolute atomic E-state index is 4.48. The van der Waals surface area contributed by atoms with Gasteiger partial charge in [-0.05, 0) is 71.4 Å². The Hall–Kier alpha value is -3.59. The number of aromatic nitrogens is 8. The van der Waals surface area contributed by atoms with Crippen LogP contribution < -0.4 is 0 Å². The van der Waals surface area contributed by atoms with Gasteiger partial charge in [0.05, 0.1) is 5.69 Å². The van der Waals surface area contributed by atoms with Crippen molar-refractivity contribution in [1.29, 1.82) is 0 Å². The Morgan fingerprint density at radius 2 is 1.69 bits per heavy atom. The van der Waals surface area contributed by atoms with Crippen LogP contribution in [0.25, 0.3) is 22.7 Å². The highest BCUT2D eigenvalue weighted by Gasteiger charge is 2.18. The Balaban J connectivity index is 1.64. The van der Waals surface area contributed by atoms with Crippen molar-refractivity contribution in [3.05, 3.63) is 71.8 Å². The molecule has 142 valence electrons. The number of benzene rings is 2. The lowest BCUT2D eigenvalue weighted by molar-refractivity contribution is 0.701. The van der Waals surface area contributed by atoms with Crippen LogP contribution in [0.2, 0.25) is 0 Å². The van der Waals surface area contributed by atoms with Gasteiger partial charge < -0.3 is 0 Å². The first-order chi connectivity index (χ1) is 14.2. The largest absolute Gasteiger partial charge is 0.270 e. The van der Waals surface area contributed by atoms with Crippen LogP contribution in [0.5, 0.6) is 0 Å². The summed E-state index contributed by atoms with van der Waals surface area (Å²) in [6.07, 6.45) is 0. The minimum absolute atomic E-state index is 0.593. The van der Waals surface area contributed by atoms with E-state index >= 15 is 0 Å². The van der Waals surface area contributed by atoms with Crippen molar-refractivity contribution >= 4 is 17.4 Å². The zero-order valence-corrected chi connectivity index (χ0v) is 16.6. The molecule has 0 amide bonds. The Kier molecular flexibility index (Phi) is 4.28. The zero-order valence-electron chi connectivity index (χ0n) is 15.8. The molecule has 0 aliphatic carbocycles. The smallest absolute Gasteiger partial charge is 0.202 e. The van der Waals surface area contributed by atoms with E-state index in [0.717, 1.165) is 22.1 Å². The summed E-state index contributed by atoms with van der Waals surface area (Å²) < 4.78 is 3.45. The Morgan fingerprint density at radius 1 is 0.828 bits per heavy atom. The van der Waals surface area contributed by atoms with Gasteiger partial charge in [-0.15, -0.1) is 25.0 Å². The van der Waals surface area contributed by atoms with Gasteiger partial charge in [0.2, 0.25) is 5.16 Å². The van der Waals surface area contributed by atoms with Gasteiger partial charge in [0.25, 0.3) is 0 Å². The topological polar surface area (TPSA) is 86.7 Å². The van der Waals surface area contributed by atoms with E-state index in [9.17, 15) is 0 Å². The summed E-state index contributed by atoms with van der Waals surface area (Å²) >= 11 is 1.41. The summed E-state index contributed by atoms with van der Waals surface area (Å²) in [5.41, 5.74) is 5.04. The molecule has 3 aromatic heterocycles. The molecule has 2 aromatic carbocycles. The molecule has 0 aliphatic heterocycles. The lowest BCUT2D eigenvalue weighted by Crippen LogP contribution is -2.01. The highest BCUT2D eigenvalue weighted by Crippen LogP contribution is 2.31. The molecular weight excluding hydrogens is 384 g/mol. The van der Waals surface area contributed by atoms with E-state index < -0.39 is 0 Å². The Labute approximate surface area is 170 Å². The molecule has 0 atom stereocenters. The van der Waals surface area contributed by atoms with Gasteiger partial charge in [-0.1, -0.05) is 36.4 Å². The van der Waals surface area contributed by atoms with Crippen LogP contribution in [0, 0.1) is 13.8 Å². The van der Waals surface area contributed by atoms with Crippen LogP contribution in [0.15, 0.2) is 70.8 Å². The lowest BCUT2D eigenvalue weighted by Gasteiger charge is -2.12. The molecule has 0 saturated carbocycles. The van der Waals surface area contributed by atoms with Crippen LogP contribution in [0.3, 0.4) is 0 Å².